The van der Waals surface area contributed by atoms with Crippen LogP contribution in [0.1, 0.15) is 45.5 Å². The molecule has 238 valence electrons. The van der Waals surface area contributed by atoms with Crippen molar-refractivity contribution in [3.63, 3.8) is 0 Å². The first kappa shape index (κ1) is 32.2. The number of pyridine rings is 1. The zero-order valence-corrected chi connectivity index (χ0v) is 24.8. The lowest BCUT2D eigenvalue weighted by atomic mass is 9.94. The topological polar surface area (TPSA) is 103 Å². The highest BCUT2D eigenvalue weighted by Crippen LogP contribution is 2.31. The van der Waals surface area contributed by atoms with Crippen LogP contribution in [0.25, 0.3) is 0 Å². The minimum atomic E-state index is -4.49. The number of halogens is 3. The largest absolute Gasteiger partial charge is 0.550 e. The molecule has 46 heavy (non-hydrogen) atoms. The van der Waals surface area contributed by atoms with Gasteiger partial charge in [-0.05, 0) is 84.5 Å². The number of fused-ring (bicyclic) bond motifs is 1. The molecule has 1 atom stereocenters. The number of carbonyl (C=O) groups is 3. The lowest BCUT2D eigenvalue weighted by Gasteiger charge is -2.25. The van der Waals surface area contributed by atoms with Crippen LogP contribution in [0.5, 0.6) is 5.75 Å². The van der Waals surface area contributed by atoms with Gasteiger partial charge < -0.3 is 19.5 Å². The van der Waals surface area contributed by atoms with Crippen LogP contribution < -0.4 is 14.7 Å². The number of hydrogen-bond donors (Lipinski definition) is 0. The molecule has 2 amide bonds. The number of rotatable bonds is 11. The number of aromatic nitrogens is 1. The average Bonchev–Trinajstić information content (AvgIpc) is 3.16. The molecule has 2 heterocycles. The first-order valence-corrected chi connectivity index (χ1v) is 14.8. The van der Waals surface area contributed by atoms with E-state index in [9.17, 15) is 32.7 Å². The van der Waals surface area contributed by atoms with Crippen LogP contribution in [-0.2, 0) is 35.3 Å². The zero-order valence-electron chi connectivity index (χ0n) is 24.8. The summed E-state index contributed by atoms with van der Waals surface area (Å²) >= 11 is 0. The number of ether oxygens (including phenoxy) is 1. The molecule has 4 aromatic rings. The fraction of sp³-hybridized carbons (Fsp3) is 0.257. The summed E-state index contributed by atoms with van der Waals surface area (Å²) in [5.41, 5.74) is 1.73. The van der Waals surface area contributed by atoms with Crippen LogP contribution in [0.15, 0.2) is 97.2 Å². The predicted molar refractivity (Wildman–Crippen MR) is 161 cm³/mol. The van der Waals surface area contributed by atoms with Gasteiger partial charge in [-0.2, -0.15) is 13.2 Å². The smallest absolute Gasteiger partial charge is 0.416 e. The van der Waals surface area contributed by atoms with E-state index in [0.29, 0.717) is 35.7 Å². The third-order valence-electron chi connectivity index (χ3n) is 7.72. The van der Waals surface area contributed by atoms with Gasteiger partial charge >= 0.3 is 6.18 Å². The summed E-state index contributed by atoms with van der Waals surface area (Å²) < 4.78 is 45.2. The van der Waals surface area contributed by atoms with Crippen molar-refractivity contribution >= 4 is 23.6 Å². The van der Waals surface area contributed by atoms with Gasteiger partial charge in [-0.3, -0.25) is 14.5 Å². The SMILES string of the molecule is O=C([O-])CC1Cc2ccc(OCCCN(C(=O)c3ccccc3)c3ccccn3)cc2CN(Cc2ccc(C(F)(F)F)cc2)C1=O. The van der Waals surface area contributed by atoms with Gasteiger partial charge in [0, 0.05) is 43.3 Å². The minimum Gasteiger partial charge on any atom is -0.550 e. The number of hydrogen-bond acceptors (Lipinski definition) is 6. The quantitative estimate of drug-likeness (QED) is 0.215. The van der Waals surface area contributed by atoms with E-state index in [2.05, 4.69) is 4.98 Å². The standard InChI is InChI=1S/C35H32F3N3O5/c36-35(37,38)29-13-10-24(11-14-29)22-40-23-28-20-30(15-12-26(28)19-27(33(40)44)21-32(42)43)46-18-6-17-41(31-9-4-5-16-39-31)34(45)25-7-2-1-3-8-25/h1-5,7-16,20,27H,6,17-19,21-23H2,(H,42,43)/p-1. The molecule has 0 bridgehead atoms. The maximum absolute atomic E-state index is 13.4. The monoisotopic (exact) mass is 630 g/mol. The van der Waals surface area contributed by atoms with E-state index in [4.69, 9.17) is 4.74 Å². The molecule has 11 heteroatoms. The van der Waals surface area contributed by atoms with E-state index in [0.717, 1.165) is 23.3 Å². The Morgan fingerprint density at radius 1 is 0.957 bits per heavy atom. The Labute approximate surface area is 264 Å². The van der Waals surface area contributed by atoms with Gasteiger partial charge in [-0.1, -0.05) is 42.5 Å². The van der Waals surface area contributed by atoms with Crippen LogP contribution in [0.3, 0.4) is 0 Å². The van der Waals surface area contributed by atoms with E-state index >= 15 is 0 Å². The lowest BCUT2D eigenvalue weighted by molar-refractivity contribution is -0.306. The molecular weight excluding hydrogens is 599 g/mol. The van der Waals surface area contributed by atoms with Crippen molar-refractivity contribution in [3.05, 3.63) is 125 Å². The number of nitrogens with zero attached hydrogens (tertiary/aromatic N) is 3. The molecule has 0 fully saturated rings. The van der Waals surface area contributed by atoms with Gasteiger partial charge in [0.15, 0.2) is 0 Å². The van der Waals surface area contributed by atoms with Crippen molar-refractivity contribution in [2.24, 2.45) is 5.92 Å². The van der Waals surface area contributed by atoms with Crippen LogP contribution in [0.4, 0.5) is 19.0 Å². The second-order valence-corrected chi connectivity index (χ2v) is 11.0. The van der Waals surface area contributed by atoms with E-state index in [1.165, 1.54) is 17.0 Å². The molecule has 0 spiro atoms. The molecule has 0 saturated heterocycles. The summed E-state index contributed by atoms with van der Waals surface area (Å²) in [6.45, 7) is 0.737. The van der Waals surface area contributed by atoms with Gasteiger partial charge in [-0.15, -0.1) is 0 Å². The Morgan fingerprint density at radius 2 is 1.70 bits per heavy atom. The van der Waals surface area contributed by atoms with Gasteiger partial charge in [0.05, 0.1) is 12.2 Å². The number of amides is 2. The third kappa shape index (κ3) is 8.09. The number of anilines is 1. The summed E-state index contributed by atoms with van der Waals surface area (Å²) in [6, 6.07) is 24.1. The normalized spacial score (nSPS) is 14.7. The van der Waals surface area contributed by atoms with Gasteiger partial charge in [0.2, 0.25) is 5.91 Å². The van der Waals surface area contributed by atoms with Gasteiger partial charge in [0.1, 0.15) is 11.6 Å². The molecule has 0 saturated carbocycles. The van der Waals surface area contributed by atoms with E-state index in [-0.39, 0.29) is 32.0 Å². The van der Waals surface area contributed by atoms with Crippen molar-refractivity contribution in [1.82, 2.24) is 9.88 Å². The maximum Gasteiger partial charge on any atom is 0.416 e. The van der Waals surface area contributed by atoms with Crippen molar-refractivity contribution < 1.29 is 37.4 Å². The highest BCUT2D eigenvalue weighted by molar-refractivity contribution is 6.05. The minimum absolute atomic E-state index is 0.00381. The van der Waals surface area contributed by atoms with Gasteiger partial charge in [-0.25, -0.2) is 4.98 Å². The molecule has 1 aromatic heterocycles. The Kier molecular flexibility index (Phi) is 10.00. The van der Waals surface area contributed by atoms with Crippen molar-refractivity contribution in [2.45, 2.75) is 38.5 Å². The molecule has 0 N–H and O–H groups in total. The zero-order chi connectivity index (χ0) is 32.7. The molecule has 3 aromatic carbocycles. The van der Waals surface area contributed by atoms with Crippen LogP contribution in [-0.4, -0.2) is 40.8 Å². The van der Waals surface area contributed by atoms with Crippen molar-refractivity contribution in [3.8, 4) is 5.75 Å². The summed E-state index contributed by atoms with van der Waals surface area (Å²) in [5.74, 6) is -1.80. The van der Waals surface area contributed by atoms with Crippen molar-refractivity contribution in [1.29, 1.82) is 0 Å². The number of alkyl halides is 3. The third-order valence-corrected chi connectivity index (χ3v) is 7.72. The molecular formula is C35H31F3N3O5-. The first-order valence-electron chi connectivity index (χ1n) is 14.8. The fourth-order valence-electron chi connectivity index (χ4n) is 5.43. The van der Waals surface area contributed by atoms with Crippen LogP contribution in [0.2, 0.25) is 0 Å². The lowest BCUT2D eigenvalue weighted by Crippen LogP contribution is -2.37. The number of aliphatic carboxylic acids is 1. The number of carbonyl (C=O) groups excluding carboxylic acids is 3. The van der Waals surface area contributed by atoms with Crippen LogP contribution >= 0.6 is 0 Å². The summed E-state index contributed by atoms with van der Waals surface area (Å²) in [4.78, 5) is 45.5. The fourth-order valence-corrected chi connectivity index (χ4v) is 5.43. The summed E-state index contributed by atoms with van der Waals surface area (Å²) in [5, 5.41) is 11.5. The molecule has 0 radical (unpaired) electrons. The van der Waals surface area contributed by atoms with Crippen LogP contribution in [0, 0.1) is 5.92 Å². The van der Waals surface area contributed by atoms with E-state index in [1.54, 1.807) is 65.7 Å². The predicted octanol–water partition coefficient (Wildman–Crippen LogP) is 5.06. The highest BCUT2D eigenvalue weighted by atomic mass is 19.4. The molecule has 0 aliphatic carbocycles. The first-order chi connectivity index (χ1) is 22.1. The molecule has 8 nitrogen and oxygen atoms in total. The average molecular weight is 631 g/mol. The molecule has 1 aliphatic rings. The number of carboxylic acid groups (broad SMARTS) is 1. The second-order valence-electron chi connectivity index (χ2n) is 11.0. The van der Waals surface area contributed by atoms with Gasteiger partial charge in [0.25, 0.3) is 5.91 Å². The Bertz CT molecular complexity index is 1660. The molecule has 1 aliphatic heterocycles. The summed E-state index contributed by atoms with van der Waals surface area (Å²) in [6.07, 6.45) is -2.69. The number of carboxylic acids is 1. The Morgan fingerprint density at radius 3 is 2.37 bits per heavy atom. The second kappa shape index (κ2) is 14.3. The highest BCUT2D eigenvalue weighted by Gasteiger charge is 2.32. The van der Waals surface area contributed by atoms with E-state index < -0.39 is 36.0 Å². The summed E-state index contributed by atoms with van der Waals surface area (Å²) in [7, 11) is 0. The molecule has 1 unspecified atom stereocenters. The maximum atomic E-state index is 13.4. The molecule has 5 rings (SSSR count). The Hall–Kier alpha value is -5.19. The Balaban J connectivity index is 1.28. The number of benzene rings is 3. The van der Waals surface area contributed by atoms with Crippen molar-refractivity contribution in [2.75, 3.05) is 18.1 Å². The van der Waals surface area contributed by atoms with E-state index in [1.807, 2.05) is 12.1 Å².